The minimum atomic E-state index is -1.06. The van der Waals surface area contributed by atoms with Gasteiger partial charge in [-0.1, -0.05) is 6.39 Å². The van der Waals surface area contributed by atoms with E-state index in [4.69, 9.17) is 132 Å². The zero-order valence-corrected chi connectivity index (χ0v) is 19.6. The molecule has 116 valence electrons. The van der Waals surface area contributed by atoms with Crippen LogP contribution >= 0.6 is 0 Å². The highest BCUT2D eigenvalue weighted by atomic mass is 13.4. The molecule has 0 heterocycles. The molecule has 0 aliphatic carbocycles. The third kappa shape index (κ3) is 10.3. The monoisotopic (exact) mass is 402 g/mol. The lowest BCUT2D eigenvalue weighted by Gasteiger charge is -2.54. The summed E-state index contributed by atoms with van der Waals surface area (Å²) in [6.45, 7) is 0. The Labute approximate surface area is 254 Å². The maximum atomic E-state index is 6.91. The van der Waals surface area contributed by atoms with Crippen LogP contribution < -0.4 is 0 Å². The molecule has 0 N–H and O–H groups in total. The minimum Gasteiger partial charge on any atom is -0.262 e. The molecule has 0 unspecified atom stereocenters. The fraction of sp³-hybridized carbons (Fsp3) is 0. The van der Waals surface area contributed by atoms with Crippen molar-refractivity contribution < 1.29 is 0 Å². The van der Waals surface area contributed by atoms with Crippen LogP contribution in [0.4, 0.5) is 0 Å². The van der Waals surface area contributed by atoms with Crippen LogP contribution in [0.5, 0.6) is 0 Å². The molecule has 0 spiro atoms. The Hall–Kier alpha value is 2.34. The Kier molecular flexibility index (Phi) is 18.5. The van der Waals surface area contributed by atoms with Gasteiger partial charge in [0, 0.05) is 0 Å². The number of hydrogen-bond acceptors (Lipinski definition) is 0. The van der Waals surface area contributed by atoms with Crippen molar-refractivity contribution in [3.8, 4) is 0 Å². The van der Waals surface area contributed by atoms with Crippen molar-refractivity contribution >= 4 is 256 Å². The molecule has 36 heteroatoms. The molecule has 0 bridgehead atoms. The van der Waals surface area contributed by atoms with E-state index in [1.54, 1.807) is 0 Å². The lowest BCUT2D eigenvalue weighted by Crippen LogP contribution is -2.91. The van der Waals surface area contributed by atoms with Gasteiger partial charge in [-0.2, -0.15) is 0 Å². The van der Waals surface area contributed by atoms with E-state index in [1.165, 1.54) is 0 Å². The zero-order valence-electron chi connectivity index (χ0n) is 19.6. The number of rotatable bonds is 16. The molecule has 0 aromatic carbocycles. The molecule has 0 nitrogen and oxygen atoms in total. The predicted octanol–water partition coefficient (Wildman–Crippen LogP) is -15.3. The van der Waals surface area contributed by atoms with Gasteiger partial charge < -0.3 is 0 Å². The van der Waals surface area contributed by atoms with Crippen LogP contribution in [0.3, 0.4) is 0 Å². The Morgan fingerprint density at radius 3 is 0.583 bits per heavy atom. The summed E-state index contributed by atoms with van der Waals surface area (Å²) in [5.41, 5.74) is 0. The van der Waals surface area contributed by atoms with Gasteiger partial charge in [0.25, 0.3) is 0 Å². The largest absolute Gasteiger partial charge is 0.262 e. The van der Waals surface area contributed by atoms with Gasteiger partial charge in [-0.25, -0.2) is 0 Å². The van der Waals surface area contributed by atoms with Crippen molar-refractivity contribution in [3.05, 3.63) is 0 Å². The van der Waals surface area contributed by atoms with Crippen LogP contribution in [-0.4, -0.2) is 256 Å². The van der Waals surface area contributed by atoms with E-state index in [2.05, 4.69) is 0 Å². The summed E-state index contributed by atoms with van der Waals surface area (Å²) in [5, 5.41) is 0. The molecule has 0 aliphatic heterocycles. The highest BCUT2D eigenvalue weighted by Crippen LogP contribution is 2.17. The zero-order chi connectivity index (χ0) is 28.8. The fourth-order valence-corrected chi connectivity index (χ4v) is 5.39. The standard InChI is InChI=1S/B36H6/c1-20(2)29(19)34(30(21(3)4)22(5)6)36(33(27(15)16)28(17)18)35(31(23(7)8)24(9)10)32(25(11)12)26(13)14/h1-2H3/q-2. The Morgan fingerprint density at radius 2 is 0.417 bits per heavy atom. The van der Waals surface area contributed by atoms with Crippen LogP contribution in [0.25, 0.3) is 0 Å². The molecule has 0 aromatic heterocycles. The maximum Gasteiger partial charge on any atom is -0.000000000000163 e. The summed E-state index contributed by atoms with van der Waals surface area (Å²) in [4.78, 5) is 0. The summed E-state index contributed by atoms with van der Waals surface area (Å²) in [6, 6.07) is 0. The normalized spacial score (nSPS) is 9.61. The molecule has 0 amide bonds. The van der Waals surface area contributed by atoms with E-state index in [1.807, 2.05) is 0 Å². The SMILES string of the molecule is [B]B([B])B(B([B])[B])B(B([B])B([BH3-])[BH3-])B(B(B([B])[B])B([B])[B])B(B(B([B])[B])B([B])[B])B(B([B])[B])B([B])[B]. The summed E-state index contributed by atoms with van der Waals surface area (Å²) < 4.78 is 0. The predicted molar refractivity (Wildman–Crippen MR) is 216 cm³/mol. The molecule has 36 heavy (non-hydrogen) atoms. The molecule has 0 saturated carbocycles. The van der Waals surface area contributed by atoms with E-state index in [9.17, 15) is 0 Å². The van der Waals surface area contributed by atoms with E-state index in [0.29, 0.717) is 6.39 Å². The van der Waals surface area contributed by atoms with Crippen molar-refractivity contribution in [2.45, 2.75) is 0 Å². The molecule has 34 radical (unpaired) electrons. The third-order valence-electron chi connectivity index (χ3n) is 6.67. The average molecular weight is 395 g/mol. The first-order valence-corrected chi connectivity index (χ1v) is 11.0. The Bertz CT molecular complexity index is 509. The third-order valence-corrected chi connectivity index (χ3v) is 6.67. The van der Waals surface area contributed by atoms with Gasteiger partial charge >= 0.3 is 0 Å². The summed E-state index contributed by atoms with van der Waals surface area (Å²) in [5.74, 6) is 0. The van der Waals surface area contributed by atoms with Crippen LogP contribution in [-0.2, 0) is 0 Å². The maximum absolute atomic E-state index is 6.91. The molecular formula is H6B36-2. The first-order valence-electron chi connectivity index (χ1n) is 11.0. The molecule has 0 saturated heterocycles. The van der Waals surface area contributed by atoms with Gasteiger partial charge in [-0.3, -0.25) is 6.39 Å². The van der Waals surface area contributed by atoms with Gasteiger partial charge in [0.05, 0.1) is 0 Å². The van der Waals surface area contributed by atoms with Crippen molar-refractivity contribution in [1.29, 1.82) is 0 Å². The van der Waals surface area contributed by atoms with Crippen molar-refractivity contribution in [1.82, 2.24) is 0 Å². The second-order valence-electron chi connectivity index (χ2n) is 9.24. The van der Waals surface area contributed by atoms with Crippen molar-refractivity contribution in [3.63, 3.8) is 0 Å². The van der Waals surface area contributed by atoms with Gasteiger partial charge in [0.15, 0.2) is 0 Å². The first-order chi connectivity index (χ1) is 16.3. The van der Waals surface area contributed by atoms with Gasteiger partial charge in [0.2, 0.25) is 0 Å². The highest BCUT2D eigenvalue weighted by molar-refractivity contribution is 8.30. The molecule has 0 atom stereocenters. The van der Waals surface area contributed by atoms with Crippen LogP contribution in [0.1, 0.15) is 0 Å². The smallest absolute Gasteiger partial charge is 0.000000000000163 e. The minimum absolute atomic E-state index is 0.169. The van der Waals surface area contributed by atoms with Crippen LogP contribution in [0.2, 0.25) is 0 Å². The van der Waals surface area contributed by atoms with Crippen LogP contribution in [0.15, 0.2) is 0 Å². The van der Waals surface area contributed by atoms with Crippen LogP contribution in [0, 0.1) is 0 Å². The molecule has 0 fully saturated rings. The first kappa shape index (κ1) is 38.3. The van der Waals surface area contributed by atoms with Gasteiger partial charge in [-0.15, -0.1) is 15.5 Å². The topological polar surface area (TPSA) is 0 Å². The molecular weight excluding hydrogens is 389 g/mol. The highest BCUT2D eigenvalue weighted by Gasteiger charge is 2.54. The average Bonchev–Trinajstić information content (AvgIpc) is 2.66. The summed E-state index contributed by atoms with van der Waals surface area (Å²) >= 11 is 0. The Balaban J connectivity index is 7.84. The van der Waals surface area contributed by atoms with E-state index in [-0.39, 0.29) is 15.5 Å². The van der Waals surface area contributed by atoms with E-state index >= 15 is 0 Å². The van der Waals surface area contributed by atoms with E-state index < -0.39 is 102 Å². The fourth-order valence-electron chi connectivity index (χ4n) is 5.39. The van der Waals surface area contributed by atoms with E-state index in [0.717, 1.165) is 0 Å². The van der Waals surface area contributed by atoms with Crippen molar-refractivity contribution in [2.75, 3.05) is 0 Å². The van der Waals surface area contributed by atoms with Crippen molar-refractivity contribution in [2.24, 2.45) is 0 Å². The summed E-state index contributed by atoms with van der Waals surface area (Å²) in [6.07, 6.45) is -13.8. The quantitative estimate of drug-likeness (QED) is 0.228. The molecule has 0 rings (SSSR count). The number of hydrogen-bond donors (Lipinski definition) is 0. The lowest BCUT2D eigenvalue weighted by molar-refractivity contribution is 3.23. The molecule has 0 aromatic rings. The lowest BCUT2D eigenvalue weighted by atomic mass is 8.29. The molecule has 0 aliphatic rings. The van der Waals surface area contributed by atoms with Gasteiger partial charge in [0.1, 0.15) is 0 Å². The second-order valence-corrected chi connectivity index (χ2v) is 9.24. The summed E-state index contributed by atoms with van der Waals surface area (Å²) in [7, 11) is 106. The second kappa shape index (κ2) is 17.3. The Morgan fingerprint density at radius 1 is 0.250 bits per heavy atom. The van der Waals surface area contributed by atoms with Gasteiger partial charge in [-0.05, 0) is 227 Å².